The van der Waals surface area contributed by atoms with Gasteiger partial charge in [0.15, 0.2) is 0 Å². The van der Waals surface area contributed by atoms with Gasteiger partial charge in [0.1, 0.15) is 12.0 Å². The van der Waals surface area contributed by atoms with Crippen molar-refractivity contribution in [3.63, 3.8) is 0 Å². The van der Waals surface area contributed by atoms with Gasteiger partial charge in [-0.3, -0.25) is 0 Å². The van der Waals surface area contributed by atoms with Crippen LogP contribution in [0.1, 0.15) is 18.3 Å². The summed E-state index contributed by atoms with van der Waals surface area (Å²) in [6.45, 7) is 1.46. The summed E-state index contributed by atoms with van der Waals surface area (Å²) in [6.07, 6.45) is -2.52. The third-order valence-corrected chi connectivity index (χ3v) is 1.63. The molecular weight excluding hydrogens is 221 g/mol. The molecule has 0 aliphatic rings. The second-order valence-electron chi connectivity index (χ2n) is 3.07. The molecule has 0 aliphatic heterocycles. The lowest BCUT2D eigenvalue weighted by molar-refractivity contribution is -0.141. The smallest absolute Gasteiger partial charge is 0.397 e. The molecule has 4 nitrogen and oxygen atoms in total. The Kier molecular flexibility index (Phi) is 3.26. The fraction of sp³-hybridized carbons (Fsp3) is 0.222. The Hall–Kier alpha value is -1.92. The SMILES string of the molecule is CC(=N)/C=C(\N)c1cc(C(F)(F)F)ncn1. The largest absolute Gasteiger partial charge is 0.433 e. The molecule has 3 N–H and O–H groups in total. The second-order valence-corrected chi connectivity index (χ2v) is 3.07. The molecule has 0 fully saturated rings. The van der Waals surface area contributed by atoms with E-state index in [0.29, 0.717) is 0 Å². The van der Waals surface area contributed by atoms with Crippen LogP contribution in [0.25, 0.3) is 5.70 Å². The second kappa shape index (κ2) is 4.30. The van der Waals surface area contributed by atoms with Gasteiger partial charge in [-0.05, 0) is 19.1 Å². The average molecular weight is 230 g/mol. The normalized spacial score (nSPS) is 12.6. The maximum absolute atomic E-state index is 12.3. The lowest BCUT2D eigenvalue weighted by Gasteiger charge is -2.06. The molecule has 1 rings (SSSR count). The van der Waals surface area contributed by atoms with Crippen LogP contribution in [0.3, 0.4) is 0 Å². The summed E-state index contributed by atoms with van der Waals surface area (Å²) in [5.74, 6) is 0. The predicted molar refractivity (Wildman–Crippen MR) is 52.6 cm³/mol. The van der Waals surface area contributed by atoms with Gasteiger partial charge in [-0.25, -0.2) is 9.97 Å². The van der Waals surface area contributed by atoms with Crippen molar-refractivity contribution in [2.75, 3.05) is 0 Å². The van der Waals surface area contributed by atoms with E-state index in [2.05, 4.69) is 9.97 Å². The van der Waals surface area contributed by atoms with E-state index in [1.165, 1.54) is 13.0 Å². The Labute approximate surface area is 89.5 Å². The summed E-state index contributed by atoms with van der Waals surface area (Å²) >= 11 is 0. The zero-order chi connectivity index (χ0) is 12.3. The molecule has 0 saturated heterocycles. The molecule has 0 spiro atoms. The monoisotopic (exact) mass is 230 g/mol. The van der Waals surface area contributed by atoms with Crippen LogP contribution in [-0.4, -0.2) is 15.7 Å². The van der Waals surface area contributed by atoms with E-state index in [4.69, 9.17) is 11.1 Å². The number of rotatable bonds is 2. The maximum Gasteiger partial charge on any atom is 0.433 e. The molecule has 0 radical (unpaired) electrons. The summed E-state index contributed by atoms with van der Waals surface area (Å²) in [4.78, 5) is 6.70. The van der Waals surface area contributed by atoms with Crippen LogP contribution < -0.4 is 5.73 Å². The number of allylic oxidation sites excluding steroid dienone is 1. The quantitative estimate of drug-likeness (QED) is 0.761. The molecule has 1 aromatic rings. The van der Waals surface area contributed by atoms with Gasteiger partial charge in [0.2, 0.25) is 0 Å². The predicted octanol–water partition coefficient (Wildman–Crippen LogP) is 1.83. The van der Waals surface area contributed by atoms with E-state index >= 15 is 0 Å². The van der Waals surface area contributed by atoms with Crippen molar-refractivity contribution in [1.82, 2.24) is 9.97 Å². The third kappa shape index (κ3) is 3.04. The van der Waals surface area contributed by atoms with Crippen LogP contribution in [0.4, 0.5) is 13.2 Å². The lowest BCUT2D eigenvalue weighted by atomic mass is 10.2. The van der Waals surface area contributed by atoms with Gasteiger partial charge in [0.05, 0.1) is 11.4 Å². The minimum absolute atomic E-state index is 0.000370. The number of nitrogens with zero attached hydrogens (tertiary/aromatic N) is 2. The molecule has 0 atom stereocenters. The van der Waals surface area contributed by atoms with Crippen LogP contribution >= 0.6 is 0 Å². The van der Waals surface area contributed by atoms with E-state index < -0.39 is 11.9 Å². The van der Waals surface area contributed by atoms with Gasteiger partial charge in [0, 0.05) is 5.71 Å². The lowest BCUT2D eigenvalue weighted by Crippen LogP contribution is -2.10. The molecular formula is C9H9F3N4. The van der Waals surface area contributed by atoms with Gasteiger partial charge in [-0.1, -0.05) is 0 Å². The Bertz CT molecular complexity index is 437. The van der Waals surface area contributed by atoms with Gasteiger partial charge >= 0.3 is 6.18 Å². The first-order valence-electron chi connectivity index (χ1n) is 4.22. The van der Waals surface area contributed by atoms with Gasteiger partial charge in [0.25, 0.3) is 0 Å². The Morgan fingerprint density at radius 2 is 2.06 bits per heavy atom. The minimum atomic E-state index is -4.53. The van der Waals surface area contributed by atoms with Crippen molar-refractivity contribution in [2.45, 2.75) is 13.1 Å². The number of hydrogen-bond donors (Lipinski definition) is 2. The Morgan fingerprint density at radius 1 is 1.44 bits per heavy atom. The van der Waals surface area contributed by atoms with Crippen molar-refractivity contribution >= 4 is 11.4 Å². The standard InChI is InChI=1S/C9H9F3N4/c1-5(13)2-6(14)7-3-8(9(10,11)12)16-4-15-7/h2-4,13H,14H2,1H3/b6-2-,13-5?. The van der Waals surface area contributed by atoms with Gasteiger partial charge in [-0.2, -0.15) is 13.2 Å². The number of aromatic nitrogens is 2. The first kappa shape index (κ1) is 12.2. The van der Waals surface area contributed by atoms with E-state index in [1.54, 1.807) is 0 Å². The molecule has 1 heterocycles. The van der Waals surface area contributed by atoms with Crippen molar-refractivity contribution in [2.24, 2.45) is 5.73 Å². The Morgan fingerprint density at radius 3 is 2.56 bits per heavy atom. The van der Waals surface area contributed by atoms with Crippen molar-refractivity contribution in [3.05, 3.63) is 29.9 Å². The molecule has 0 aliphatic carbocycles. The first-order valence-corrected chi connectivity index (χ1v) is 4.22. The van der Waals surface area contributed by atoms with Crippen molar-refractivity contribution in [1.29, 1.82) is 5.41 Å². The van der Waals surface area contributed by atoms with E-state index in [1.807, 2.05) is 0 Å². The molecule has 16 heavy (non-hydrogen) atoms. The average Bonchev–Trinajstić information content (AvgIpc) is 2.15. The summed E-state index contributed by atoms with van der Waals surface area (Å²) in [5.41, 5.74) is 4.49. The van der Waals surface area contributed by atoms with Gasteiger partial charge < -0.3 is 11.1 Å². The molecule has 1 aromatic heterocycles. The van der Waals surface area contributed by atoms with E-state index in [9.17, 15) is 13.2 Å². The zero-order valence-electron chi connectivity index (χ0n) is 8.34. The number of halogens is 3. The van der Waals surface area contributed by atoms with Crippen molar-refractivity contribution < 1.29 is 13.2 Å². The highest BCUT2D eigenvalue weighted by Crippen LogP contribution is 2.27. The summed E-state index contributed by atoms with van der Waals surface area (Å²) in [7, 11) is 0. The summed E-state index contributed by atoms with van der Waals surface area (Å²) < 4.78 is 36.9. The fourth-order valence-electron chi connectivity index (χ4n) is 0.977. The maximum atomic E-state index is 12.3. The third-order valence-electron chi connectivity index (χ3n) is 1.63. The van der Waals surface area contributed by atoms with E-state index in [-0.39, 0.29) is 17.1 Å². The molecule has 0 amide bonds. The topological polar surface area (TPSA) is 75.7 Å². The molecule has 86 valence electrons. The van der Waals surface area contributed by atoms with Crippen LogP contribution in [0.15, 0.2) is 18.5 Å². The molecule has 0 unspecified atom stereocenters. The minimum Gasteiger partial charge on any atom is -0.397 e. The van der Waals surface area contributed by atoms with Gasteiger partial charge in [-0.15, -0.1) is 0 Å². The highest BCUT2D eigenvalue weighted by molar-refractivity contribution is 5.96. The summed E-state index contributed by atoms with van der Waals surface area (Å²) in [5, 5.41) is 7.13. The van der Waals surface area contributed by atoms with Crippen LogP contribution in [0, 0.1) is 5.41 Å². The molecule has 0 saturated carbocycles. The molecule has 7 heteroatoms. The number of alkyl halides is 3. The van der Waals surface area contributed by atoms with Crippen LogP contribution in [0.2, 0.25) is 0 Å². The van der Waals surface area contributed by atoms with Crippen molar-refractivity contribution in [3.8, 4) is 0 Å². The molecule has 0 aromatic carbocycles. The number of nitrogens with two attached hydrogens (primary N) is 1. The first-order chi connectivity index (χ1) is 7.30. The zero-order valence-corrected chi connectivity index (χ0v) is 8.34. The summed E-state index contributed by atoms with van der Waals surface area (Å²) in [6, 6.07) is 0.745. The van der Waals surface area contributed by atoms with Crippen LogP contribution in [0.5, 0.6) is 0 Å². The Balaban J connectivity index is 3.13. The number of hydrogen-bond acceptors (Lipinski definition) is 4. The number of nitrogens with one attached hydrogen (secondary N) is 1. The van der Waals surface area contributed by atoms with Crippen LogP contribution in [-0.2, 0) is 6.18 Å². The van der Waals surface area contributed by atoms with E-state index in [0.717, 1.165) is 12.4 Å². The highest BCUT2D eigenvalue weighted by Gasteiger charge is 2.32. The highest BCUT2D eigenvalue weighted by atomic mass is 19.4. The molecule has 0 bridgehead atoms. The fourth-order valence-corrected chi connectivity index (χ4v) is 0.977.